The van der Waals surface area contributed by atoms with Crippen molar-refractivity contribution >= 4 is 11.3 Å². The average molecular weight is 296 g/mol. The zero-order valence-electron chi connectivity index (χ0n) is 13.0. The predicted molar refractivity (Wildman–Crippen MR) is 85.4 cm³/mol. The second-order valence-corrected chi connectivity index (χ2v) is 6.89. The van der Waals surface area contributed by atoms with Crippen LogP contribution in [-0.4, -0.2) is 30.8 Å². The maximum Gasteiger partial charge on any atom is 0.0897 e. The molecular formula is C16H28N2OS. The molecule has 0 aromatic carbocycles. The molecule has 1 aliphatic rings. The summed E-state index contributed by atoms with van der Waals surface area (Å²) in [5.41, 5.74) is 1.20. The Hall–Kier alpha value is -0.450. The summed E-state index contributed by atoms with van der Waals surface area (Å²) in [5, 5.41) is 6.97. The second-order valence-electron chi connectivity index (χ2n) is 5.82. The van der Waals surface area contributed by atoms with Gasteiger partial charge in [-0.25, -0.2) is 4.98 Å². The van der Waals surface area contributed by atoms with Gasteiger partial charge in [0.1, 0.15) is 0 Å². The molecule has 1 N–H and O–H groups in total. The van der Waals surface area contributed by atoms with Gasteiger partial charge in [0.15, 0.2) is 0 Å². The molecule has 1 aliphatic carbocycles. The number of hydrogen-bond acceptors (Lipinski definition) is 4. The van der Waals surface area contributed by atoms with Crippen LogP contribution in [0.4, 0.5) is 0 Å². The Morgan fingerprint density at radius 1 is 1.40 bits per heavy atom. The molecule has 0 aliphatic heterocycles. The van der Waals surface area contributed by atoms with Crippen molar-refractivity contribution in [1.29, 1.82) is 0 Å². The van der Waals surface area contributed by atoms with Crippen LogP contribution in [0.5, 0.6) is 0 Å². The van der Waals surface area contributed by atoms with Gasteiger partial charge in [-0.15, -0.1) is 11.3 Å². The summed E-state index contributed by atoms with van der Waals surface area (Å²) in [5.74, 6) is 0.706. The topological polar surface area (TPSA) is 34.2 Å². The van der Waals surface area contributed by atoms with Crippen LogP contribution >= 0.6 is 11.3 Å². The van der Waals surface area contributed by atoms with E-state index in [4.69, 9.17) is 4.74 Å². The average Bonchev–Trinajstić information content (AvgIpc) is 2.86. The maximum absolute atomic E-state index is 5.90. The molecule has 0 amide bonds. The van der Waals surface area contributed by atoms with E-state index in [9.17, 15) is 0 Å². The predicted octanol–water partition coefficient (Wildman–Crippen LogP) is 3.57. The number of aryl methyl sites for hydroxylation is 1. The minimum absolute atomic E-state index is 0.317. The zero-order valence-corrected chi connectivity index (χ0v) is 13.8. The van der Waals surface area contributed by atoms with E-state index in [2.05, 4.69) is 29.5 Å². The van der Waals surface area contributed by atoms with E-state index in [0.717, 1.165) is 18.0 Å². The van der Waals surface area contributed by atoms with Crippen molar-refractivity contribution in [3.05, 3.63) is 16.1 Å². The van der Waals surface area contributed by atoms with Crippen molar-refractivity contribution in [3.63, 3.8) is 0 Å². The molecule has 3 nitrogen and oxygen atoms in total. The van der Waals surface area contributed by atoms with Gasteiger partial charge in [0, 0.05) is 25.0 Å². The first-order chi connectivity index (χ1) is 9.74. The molecule has 1 fully saturated rings. The van der Waals surface area contributed by atoms with Crippen molar-refractivity contribution in [1.82, 2.24) is 10.3 Å². The molecule has 0 radical (unpaired) electrons. The molecule has 4 heteroatoms. The highest BCUT2D eigenvalue weighted by Crippen LogP contribution is 2.30. The third kappa shape index (κ3) is 4.27. The van der Waals surface area contributed by atoms with Crippen LogP contribution < -0.4 is 5.32 Å². The Balaban J connectivity index is 2.03. The lowest BCUT2D eigenvalue weighted by molar-refractivity contribution is 0.00849. The molecule has 1 aromatic heterocycles. The lowest BCUT2D eigenvalue weighted by Crippen LogP contribution is -2.47. The standard InChI is InChI=1S/C16H28N2OS/c1-4-17-15(10-14-11-20-12(2)18-14)16(19-3)13-8-6-5-7-9-13/h11,13,15-17H,4-10H2,1-3H3. The third-order valence-corrected chi connectivity index (χ3v) is 5.17. The minimum Gasteiger partial charge on any atom is -0.380 e. The second kappa shape index (κ2) is 8.11. The van der Waals surface area contributed by atoms with Crippen LogP contribution in [0.25, 0.3) is 0 Å². The summed E-state index contributed by atoms with van der Waals surface area (Å²) in [6, 6.07) is 0.384. The molecule has 1 saturated carbocycles. The number of ether oxygens (including phenoxy) is 1. The van der Waals surface area contributed by atoms with Crippen molar-refractivity contribution in [3.8, 4) is 0 Å². The Bertz CT molecular complexity index is 388. The highest BCUT2D eigenvalue weighted by molar-refractivity contribution is 7.09. The van der Waals surface area contributed by atoms with E-state index in [-0.39, 0.29) is 0 Å². The third-order valence-electron chi connectivity index (χ3n) is 4.35. The van der Waals surface area contributed by atoms with Crippen LogP contribution in [0.3, 0.4) is 0 Å². The highest BCUT2D eigenvalue weighted by atomic mass is 32.1. The van der Waals surface area contributed by atoms with Crippen LogP contribution in [0.1, 0.15) is 49.7 Å². The fourth-order valence-corrected chi connectivity index (χ4v) is 4.07. The van der Waals surface area contributed by atoms with Gasteiger partial charge in [-0.05, 0) is 32.2 Å². The number of hydrogen-bond donors (Lipinski definition) is 1. The fourth-order valence-electron chi connectivity index (χ4n) is 3.44. The first-order valence-electron chi connectivity index (χ1n) is 7.91. The summed E-state index contributed by atoms with van der Waals surface area (Å²) in [6.07, 6.45) is 8.04. The lowest BCUT2D eigenvalue weighted by atomic mass is 9.81. The first kappa shape index (κ1) is 15.9. The van der Waals surface area contributed by atoms with Crippen molar-refractivity contribution in [2.75, 3.05) is 13.7 Å². The van der Waals surface area contributed by atoms with Crippen molar-refractivity contribution in [2.45, 2.75) is 64.5 Å². The molecule has 0 spiro atoms. The molecule has 20 heavy (non-hydrogen) atoms. The summed E-state index contributed by atoms with van der Waals surface area (Å²) >= 11 is 1.74. The van der Waals surface area contributed by atoms with Crippen LogP contribution in [0.15, 0.2) is 5.38 Å². The molecule has 0 bridgehead atoms. The van der Waals surface area contributed by atoms with Gasteiger partial charge in [-0.1, -0.05) is 26.2 Å². The molecule has 114 valence electrons. The van der Waals surface area contributed by atoms with Crippen LogP contribution in [0.2, 0.25) is 0 Å². The van der Waals surface area contributed by atoms with E-state index in [1.807, 2.05) is 7.11 Å². The normalized spacial score (nSPS) is 19.9. The Kier molecular flexibility index (Phi) is 6.46. The zero-order chi connectivity index (χ0) is 14.4. The number of methoxy groups -OCH3 is 1. The minimum atomic E-state index is 0.317. The Morgan fingerprint density at radius 2 is 2.15 bits per heavy atom. The maximum atomic E-state index is 5.90. The van der Waals surface area contributed by atoms with E-state index in [0.29, 0.717) is 18.1 Å². The number of nitrogens with zero attached hydrogens (tertiary/aromatic N) is 1. The van der Waals surface area contributed by atoms with Gasteiger partial charge < -0.3 is 10.1 Å². The van der Waals surface area contributed by atoms with Gasteiger partial charge in [0.05, 0.1) is 16.8 Å². The molecule has 1 heterocycles. The Morgan fingerprint density at radius 3 is 2.70 bits per heavy atom. The summed E-state index contributed by atoms with van der Waals surface area (Å²) < 4.78 is 5.90. The van der Waals surface area contributed by atoms with Gasteiger partial charge in [-0.2, -0.15) is 0 Å². The van der Waals surface area contributed by atoms with E-state index in [1.165, 1.54) is 37.8 Å². The number of rotatable bonds is 7. The molecular weight excluding hydrogens is 268 g/mol. The van der Waals surface area contributed by atoms with Crippen molar-refractivity contribution in [2.24, 2.45) is 5.92 Å². The smallest absolute Gasteiger partial charge is 0.0897 e. The van der Waals surface area contributed by atoms with E-state index >= 15 is 0 Å². The number of likely N-dealkylation sites (N-methyl/N-ethyl adjacent to an activating group) is 1. The summed E-state index contributed by atoms with van der Waals surface area (Å²) in [6.45, 7) is 5.23. The van der Waals surface area contributed by atoms with E-state index < -0.39 is 0 Å². The first-order valence-corrected chi connectivity index (χ1v) is 8.79. The summed E-state index contributed by atoms with van der Waals surface area (Å²) in [7, 11) is 1.87. The number of thiazole rings is 1. The van der Waals surface area contributed by atoms with Gasteiger partial charge in [0.25, 0.3) is 0 Å². The molecule has 1 aromatic rings. The fraction of sp³-hybridized carbons (Fsp3) is 0.812. The van der Waals surface area contributed by atoms with Gasteiger partial charge in [-0.3, -0.25) is 0 Å². The quantitative estimate of drug-likeness (QED) is 0.835. The number of nitrogens with one attached hydrogen (secondary N) is 1. The van der Waals surface area contributed by atoms with Crippen LogP contribution in [-0.2, 0) is 11.2 Å². The van der Waals surface area contributed by atoms with E-state index in [1.54, 1.807) is 11.3 Å². The molecule has 2 rings (SSSR count). The monoisotopic (exact) mass is 296 g/mol. The lowest BCUT2D eigenvalue weighted by Gasteiger charge is -2.35. The summed E-state index contributed by atoms with van der Waals surface area (Å²) in [4.78, 5) is 4.62. The Labute approximate surface area is 127 Å². The number of aromatic nitrogens is 1. The van der Waals surface area contributed by atoms with Gasteiger partial charge in [0.2, 0.25) is 0 Å². The van der Waals surface area contributed by atoms with Crippen LogP contribution in [0, 0.1) is 12.8 Å². The largest absolute Gasteiger partial charge is 0.380 e. The SMILES string of the molecule is CCNC(Cc1csc(C)n1)C(OC)C1CCCCC1. The molecule has 2 unspecified atom stereocenters. The van der Waals surface area contributed by atoms with Gasteiger partial charge >= 0.3 is 0 Å². The van der Waals surface area contributed by atoms with Crippen molar-refractivity contribution < 1.29 is 4.74 Å². The molecule has 2 atom stereocenters. The molecule has 0 saturated heterocycles. The highest BCUT2D eigenvalue weighted by Gasteiger charge is 2.30.